The lowest BCUT2D eigenvalue weighted by Crippen LogP contribution is -2.27. The highest BCUT2D eigenvalue weighted by atomic mass is 35.5. The molecule has 196 valence electrons. The summed E-state index contributed by atoms with van der Waals surface area (Å²) in [7, 11) is 0. The lowest BCUT2D eigenvalue weighted by Gasteiger charge is -2.24. The summed E-state index contributed by atoms with van der Waals surface area (Å²) < 4.78 is 1.60. The Hall–Kier alpha value is -5.08. The van der Waals surface area contributed by atoms with Crippen molar-refractivity contribution in [2.45, 2.75) is 13.0 Å². The molecule has 0 radical (unpaired) electrons. The van der Waals surface area contributed by atoms with E-state index in [2.05, 4.69) is 20.3 Å². The quantitative estimate of drug-likeness (QED) is 0.250. The second kappa shape index (κ2) is 10.2. The summed E-state index contributed by atoms with van der Waals surface area (Å²) >= 11 is 7.14. The first-order valence-corrected chi connectivity index (χ1v) is 12.9. The first-order valence-electron chi connectivity index (χ1n) is 12.5. The van der Waals surface area contributed by atoms with E-state index in [0.29, 0.717) is 55.2 Å². The lowest BCUT2D eigenvalue weighted by molar-refractivity contribution is 0.112. The average molecular weight is 548 g/mol. The largest absolute Gasteiger partial charge is 0.361 e. The van der Waals surface area contributed by atoms with Crippen molar-refractivity contribution in [1.82, 2.24) is 19.5 Å². The number of H-pyrrole nitrogens is 1. The van der Waals surface area contributed by atoms with Crippen LogP contribution >= 0.6 is 11.6 Å². The predicted octanol–water partition coefficient (Wildman–Crippen LogP) is 5.93. The second-order valence-electron chi connectivity index (χ2n) is 9.30. The Balaban J connectivity index is 1.61. The van der Waals surface area contributed by atoms with Crippen LogP contribution in [0.1, 0.15) is 29.0 Å². The third kappa shape index (κ3) is 4.24. The van der Waals surface area contributed by atoms with Crippen LogP contribution in [0.3, 0.4) is 0 Å². The van der Waals surface area contributed by atoms with Gasteiger partial charge in [-0.25, -0.2) is 9.97 Å². The zero-order chi connectivity index (χ0) is 27.8. The van der Waals surface area contributed by atoms with Crippen LogP contribution in [-0.4, -0.2) is 25.8 Å². The second-order valence-corrected chi connectivity index (χ2v) is 9.68. The van der Waals surface area contributed by atoms with E-state index in [1.807, 2.05) is 67.6 Å². The van der Waals surface area contributed by atoms with Gasteiger partial charge in [0, 0.05) is 28.9 Å². The molecule has 0 unspecified atom stereocenters. The molecule has 9 heteroatoms. The maximum absolute atomic E-state index is 14.4. The number of pyridine rings is 2. The molecule has 0 saturated carbocycles. The number of aromatic nitrogens is 4. The number of nitrogens with zero attached hydrogens (tertiary/aromatic N) is 3. The van der Waals surface area contributed by atoms with Crippen LogP contribution < -0.4 is 16.3 Å². The summed E-state index contributed by atoms with van der Waals surface area (Å²) in [5.41, 5.74) is 3.08. The van der Waals surface area contributed by atoms with Gasteiger partial charge in [0.05, 0.1) is 22.1 Å². The summed E-state index contributed by atoms with van der Waals surface area (Å²) in [6, 6.07) is 22.7. The molecular weight excluding hydrogens is 526 g/mol. The SMILES string of the molecule is C[C@H](Nc1ncnc2[nH]ccc(=O)c12)c1c(Cl)c2cccc(-c3ccc(C=O)cc3)c2c(=O)n1-c1ccccc1. The zero-order valence-corrected chi connectivity index (χ0v) is 22.0. The van der Waals surface area contributed by atoms with Gasteiger partial charge in [-0.15, -0.1) is 0 Å². The fraction of sp³-hybridized carbons (Fsp3) is 0.0645. The smallest absolute Gasteiger partial charge is 0.263 e. The number of nitrogens with one attached hydrogen (secondary N) is 2. The fourth-order valence-corrected chi connectivity index (χ4v) is 5.42. The number of halogens is 1. The van der Waals surface area contributed by atoms with Crippen LogP contribution in [0.5, 0.6) is 0 Å². The Bertz CT molecular complexity index is 2010. The molecule has 0 aliphatic carbocycles. The van der Waals surface area contributed by atoms with Gasteiger partial charge in [-0.2, -0.15) is 0 Å². The minimum absolute atomic E-state index is 0.237. The molecule has 1 atom stereocenters. The molecule has 0 amide bonds. The van der Waals surface area contributed by atoms with E-state index in [1.165, 1.54) is 18.6 Å². The topological polar surface area (TPSA) is 110 Å². The van der Waals surface area contributed by atoms with Crippen LogP contribution in [-0.2, 0) is 0 Å². The molecule has 3 aromatic heterocycles. The highest BCUT2D eigenvalue weighted by Crippen LogP contribution is 2.36. The summed E-state index contributed by atoms with van der Waals surface area (Å²) in [5.74, 6) is 0.326. The van der Waals surface area contributed by atoms with Crippen LogP contribution in [0.2, 0.25) is 5.02 Å². The van der Waals surface area contributed by atoms with Crippen molar-refractivity contribution in [1.29, 1.82) is 0 Å². The number of aromatic amines is 1. The molecule has 0 aliphatic rings. The predicted molar refractivity (Wildman–Crippen MR) is 158 cm³/mol. The number of hydrogen-bond acceptors (Lipinski definition) is 6. The monoisotopic (exact) mass is 547 g/mol. The number of rotatable bonds is 6. The first kappa shape index (κ1) is 25.2. The number of carbonyl (C=O) groups is 1. The van der Waals surface area contributed by atoms with Crippen LogP contribution in [0.4, 0.5) is 5.82 Å². The van der Waals surface area contributed by atoms with Crippen LogP contribution in [0, 0.1) is 0 Å². The van der Waals surface area contributed by atoms with Gasteiger partial charge in [-0.05, 0) is 30.2 Å². The molecular formula is C31H22ClN5O3. The summed E-state index contributed by atoms with van der Waals surface area (Å²) in [5, 5.41) is 5.03. The van der Waals surface area contributed by atoms with Gasteiger partial charge >= 0.3 is 0 Å². The van der Waals surface area contributed by atoms with E-state index >= 15 is 0 Å². The van der Waals surface area contributed by atoms with E-state index in [9.17, 15) is 14.4 Å². The summed E-state index contributed by atoms with van der Waals surface area (Å²) in [6.45, 7) is 1.86. The number of fused-ring (bicyclic) bond motifs is 2. The fourth-order valence-electron chi connectivity index (χ4n) is 5.01. The molecule has 3 aromatic carbocycles. The molecule has 2 N–H and O–H groups in total. The van der Waals surface area contributed by atoms with Crippen molar-refractivity contribution in [3.05, 3.63) is 128 Å². The van der Waals surface area contributed by atoms with Crippen molar-refractivity contribution in [2.24, 2.45) is 0 Å². The van der Waals surface area contributed by atoms with Crippen molar-refractivity contribution in [2.75, 3.05) is 5.32 Å². The zero-order valence-electron chi connectivity index (χ0n) is 21.3. The van der Waals surface area contributed by atoms with Gasteiger partial charge < -0.3 is 10.3 Å². The molecule has 6 aromatic rings. The van der Waals surface area contributed by atoms with Crippen molar-refractivity contribution >= 4 is 45.5 Å². The third-order valence-electron chi connectivity index (χ3n) is 6.87. The van der Waals surface area contributed by atoms with Gasteiger partial charge in [-0.1, -0.05) is 72.3 Å². The van der Waals surface area contributed by atoms with Crippen molar-refractivity contribution in [3.63, 3.8) is 0 Å². The lowest BCUT2D eigenvalue weighted by atomic mass is 9.97. The highest BCUT2D eigenvalue weighted by molar-refractivity contribution is 6.36. The maximum Gasteiger partial charge on any atom is 0.263 e. The van der Waals surface area contributed by atoms with Gasteiger partial charge in [0.25, 0.3) is 5.56 Å². The minimum Gasteiger partial charge on any atom is -0.361 e. The molecule has 3 heterocycles. The molecule has 0 spiro atoms. The van der Waals surface area contributed by atoms with E-state index in [1.54, 1.807) is 16.7 Å². The van der Waals surface area contributed by atoms with Gasteiger partial charge in [0.1, 0.15) is 29.5 Å². The van der Waals surface area contributed by atoms with Crippen molar-refractivity contribution in [3.8, 4) is 16.8 Å². The Labute approximate surface area is 232 Å². The Morgan fingerprint density at radius 3 is 2.45 bits per heavy atom. The molecule has 6 rings (SSSR count). The number of para-hydroxylation sites is 1. The Morgan fingerprint density at radius 2 is 1.70 bits per heavy atom. The highest BCUT2D eigenvalue weighted by Gasteiger charge is 2.24. The number of benzene rings is 3. The summed E-state index contributed by atoms with van der Waals surface area (Å²) in [4.78, 5) is 49.7. The maximum atomic E-state index is 14.4. The molecule has 0 saturated heterocycles. The Morgan fingerprint density at radius 1 is 0.925 bits per heavy atom. The molecule has 40 heavy (non-hydrogen) atoms. The van der Waals surface area contributed by atoms with E-state index < -0.39 is 6.04 Å². The number of hydrogen-bond donors (Lipinski definition) is 2. The Kier molecular flexibility index (Phi) is 6.45. The molecule has 0 aliphatic heterocycles. The average Bonchev–Trinajstić information content (AvgIpc) is 2.99. The molecule has 0 bridgehead atoms. The van der Waals surface area contributed by atoms with E-state index in [0.717, 1.165) is 11.8 Å². The van der Waals surface area contributed by atoms with Crippen molar-refractivity contribution < 1.29 is 4.79 Å². The van der Waals surface area contributed by atoms with Crippen LogP contribution in [0.15, 0.2) is 101 Å². The standard InChI is InChI=1S/C31H22ClN5O3/c1-18(36-30-26-24(39)14-15-33-29(26)34-17-35-30)28-27(32)23-9-5-8-22(20-12-10-19(16-38)11-13-20)25(23)31(40)37(28)21-6-3-2-4-7-21/h2-18H,1H3,(H2,33,34,35,36,39)/t18-/m0/s1. The molecule has 8 nitrogen and oxygen atoms in total. The van der Waals surface area contributed by atoms with E-state index in [-0.39, 0.29) is 11.0 Å². The first-order chi connectivity index (χ1) is 19.5. The number of aldehydes is 1. The third-order valence-corrected chi connectivity index (χ3v) is 7.26. The van der Waals surface area contributed by atoms with Gasteiger partial charge in [0.2, 0.25) is 0 Å². The number of anilines is 1. The van der Waals surface area contributed by atoms with Gasteiger partial charge in [0.15, 0.2) is 5.43 Å². The normalized spacial score (nSPS) is 11.9. The molecule has 0 fully saturated rings. The van der Waals surface area contributed by atoms with Gasteiger partial charge in [-0.3, -0.25) is 19.0 Å². The van der Waals surface area contributed by atoms with Crippen LogP contribution in [0.25, 0.3) is 38.6 Å². The minimum atomic E-state index is -0.543. The van der Waals surface area contributed by atoms with E-state index in [4.69, 9.17) is 11.6 Å². The summed E-state index contributed by atoms with van der Waals surface area (Å²) in [6.07, 6.45) is 3.67. The number of carbonyl (C=O) groups excluding carboxylic acids is 1.